The Labute approximate surface area is 119 Å². The van der Waals surface area contributed by atoms with Crippen LogP contribution in [0.5, 0.6) is 0 Å². The van der Waals surface area contributed by atoms with Gasteiger partial charge in [-0.25, -0.2) is 8.78 Å². The van der Waals surface area contributed by atoms with E-state index >= 15 is 0 Å². The fourth-order valence-corrected chi connectivity index (χ4v) is 3.61. The van der Waals surface area contributed by atoms with E-state index in [4.69, 9.17) is 0 Å². The molecule has 2 unspecified atom stereocenters. The van der Waals surface area contributed by atoms with Crippen LogP contribution in [-0.4, -0.2) is 36.6 Å². The van der Waals surface area contributed by atoms with Gasteiger partial charge in [0.05, 0.1) is 5.69 Å². The summed E-state index contributed by atoms with van der Waals surface area (Å²) in [6.45, 7) is 5.17. The number of rotatable bonds is 2. The van der Waals surface area contributed by atoms with Gasteiger partial charge in [-0.1, -0.05) is 13.3 Å². The second kappa shape index (κ2) is 5.68. The Hall–Kier alpha value is -1.16. The van der Waals surface area contributed by atoms with Crippen molar-refractivity contribution in [1.82, 2.24) is 4.90 Å². The third-order valence-electron chi connectivity index (χ3n) is 4.73. The van der Waals surface area contributed by atoms with Crippen molar-refractivity contribution in [3.05, 3.63) is 29.8 Å². The summed E-state index contributed by atoms with van der Waals surface area (Å²) in [5.74, 6) is -0.941. The summed E-state index contributed by atoms with van der Waals surface area (Å²) >= 11 is 0. The second-order valence-electron chi connectivity index (χ2n) is 5.95. The highest BCUT2D eigenvalue weighted by Gasteiger charge is 2.35. The van der Waals surface area contributed by atoms with Gasteiger partial charge < -0.3 is 4.90 Å². The zero-order valence-electron chi connectivity index (χ0n) is 12.0. The van der Waals surface area contributed by atoms with Crippen LogP contribution in [0.4, 0.5) is 14.5 Å². The largest absolute Gasteiger partial charge is 0.363 e. The van der Waals surface area contributed by atoms with E-state index in [0.717, 1.165) is 25.6 Å². The Bertz CT molecular complexity index is 478. The van der Waals surface area contributed by atoms with Crippen LogP contribution in [0.2, 0.25) is 0 Å². The normalized spacial score (nSPS) is 27.4. The molecule has 1 aromatic rings. The van der Waals surface area contributed by atoms with E-state index < -0.39 is 11.6 Å². The zero-order valence-corrected chi connectivity index (χ0v) is 12.0. The number of anilines is 1. The maximum atomic E-state index is 14.1. The number of piperidine rings is 1. The average Bonchev–Trinajstić information content (AvgIpc) is 2.46. The minimum Gasteiger partial charge on any atom is -0.363 e. The van der Waals surface area contributed by atoms with Gasteiger partial charge >= 0.3 is 0 Å². The van der Waals surface area contributed by atoms with Crippen molar-refractivity contribution < 1.29 is 8.78 Å². The minimum atomic E-state index is -0.504. The minimum absolute atomic E-state index is 0.323. The van der Waals surface area contributed by atoms with E-state index in [1.807, 2.05) is 0 Å². The molecule has 0 aliphatic carbocycles. The highest BCUT2D eigenvalue weighted by atomic mass is 19.1. The van der Waals surface area contributed by atoms with Gasteiger partial charge in [0, 0.05) is 31.2 Å². The third kappa shape index (κ3) is 2.53. The van der Waals surface area contributed by atoms with Crippen molar-refractivity contribution >= 4 is 5.69 Å². The lowest BCUT2D eigenvalue weighted by molar-refractivity contribution is 0.110. The van der Waals surface area contributed by atoms with Gasteiger partial charge in [-0.2, -0.15) is 0 Å². The highest BCUT2D eigenvalue weighted by Crippen LogP contribution is 2.31. The number of nitrogens with zero attached hydrogens (tertiary/aromatic N) is 2. The molecule has 0 N–H and O–H groups in total. The van der Waals surface area contributed by atoms with Crippen LogP contribution in [-0.2, 0) is 0 Å². The van der Waals surface area contributed by atoms with Crippen LogP contribution < -0.4 is 4.90 Å². The first kappa shape index (κ1) is 13.8. The molecule has 2 atom stereocenters. The average molecular weight is 280 g/mol. The lowest BCUT2D eigenvalue weighted by Gasteiger charge is -2.49. The standard InChI is InChI=1S/C16H22F2N2/c1-2-13-10-19-8-4-3-5-14(19)11-20(13)16-7-6-12(17)9-15(16)18/h6-7,9,13-14H,2-5,8,10-11H2,1H3. The van der Waals surface area contributed by atoms with Crippen LogP contribution in [0, 0.1) is 11.6 Å². The quantitative estimate of drug-likeness (QED) is 0.819. The molecule has 2 aliphatic heterocycles. The van der Waals surface area contributed by atoms with Crippen LogP contribution in [0.15, 0.2) is 18.2 Å². The fraction of sp³-hybridized carbons (Fsp3) is 0.625. The van der Waals surface area contributed by atoms with Gasteiger partial charge in [0.2, 0.25) is 0 Å². The van der Waals surface area contributed by atoms with E-state index in [0.29, 0.717) is 17.8 Å². The van der Waals surface area contributed by atoms with Crippen molar-refractivity contribution in [1.29, 1.82) is 0 Å². The Kier molecular flexibility index (Phi) is 3.92. The first-order chi connectivity index (χ1) is 9.69. The summed E-state index contributed by atoms with van der Waals surface area (Å²) in [6.07, 6.45) is 4.71. The van der Waals surface area contributed by atoms with Crippen molar-refractivity contribution in [3.8, 4) is 0 Å². The lowest BCUT2D eigenvalue weighted by Crippen LogP contribution is -2.59. The molecule has 4 heteroatoms. The maximum absolute atomic E-state index is 14.1. The molecule has 2 fully saturated rings. The summed E-state index contributed by atoms with van der Waals surface area (Å²) in [4.78, 5) is 4.71. The number of fused-ring (bicyclic) bond motifs is 1. The van der Waals surface area contributed by atoms with Gasteiger partial charge in [0.1, 0.15) is 11.6 Å². The summed E-state index contributed by atoms with van der Waals surface area (Å²) < 4.78 is 27.2. The highest BCUT2D eigenvalue weighted by molar-refractivity contribution is 5.49. The molecule has 0 amide bonds. The number of halogens is 2. The molecule has 20 heavy (non-hydrogen) atoms. The zero-order chi connectivity index (χ0) is 14.1. The molecule has 0 saturated carbocycles. The predicted molar refractivity (Wildman–Crippen MR) is 77.0 cm³/mol. The molecular weight excluding hydrogens is 258 g/mol. The van der Waals surface area contributed by atoms with Gasteiger partial charge in [0.15, 0.2) is 0 Å². The fourth-order valence-electron chi connectivity index (χ4n) is 3.61. The maximum Gasteiger partial charge on any atom is 0.149 e. The van der Waals surface area contributed by atoms with Crippen LogP contribution in [0.3, 0.4) is 0 Å². The molecule has 2 heterocycles. The molecule has 0 spiro atoms. The topological polar surface area (TPSA) is 6.48 Å². The van der Waals surface area contributed by atoms with E-state index in [9.17, 15) is 8.78 Å². The van der Waals surface area contributed by atoms with E-state index in [1.54, 1.807) is 6.07 Å². The van der Waals surface area contributed by atoms with Gasteiger partial charge in [-0.15, -0.1) is 0 Å². The second-order valence-corrected chi connectivity index (χ2v) is 5.95. The van der Waals surface area contributed by atoms with Crippen LogP contribution in [0.25, 0.3) is 0 Å². The van der Waals surface area contributed by atoms with E-state index in [2.05, 4.69) is 16.7 Å². The molecule has 2 nitrogen and oxygen atoms in total. The van der Waals surface area contributed by atoms with Crippen LogP contribution >= 0.6 is 0 Å². The smallest absolute Gasteiger partial charge is 0.149 e. The van der Waals surface area contributed by atoms with Crippen molar-refractivity contribution in [2.45, 2.75) is 44.7 Å². The first-order valence-corrected chi connectivity index (χ1v) is 7.64. The summed E-state index contributed by atoms with van der Waals surface area (Å²) in [7, 11) is 0. The number of benzene rings is 1. The molecule has 0 bridgehead atoms. The molecular formula is C16H22F2N2. The Balaban J connectivity index is 1.86. The Morgan fingerprint density at radius 2 is 2.05 bits per heavy atom. The van der Waals surface area contributed by atoms with Gasteiger partial charge in [0.25, 0.3) is 0 Å². The van der Waals surface area contributed by atoms with E-state index in [1.165, 1.54) is 31.9 Å². The van der Waals surface area contributed by atoms with Crippen molar-refractivity contribution in [2.24, 2.45) is 0 Å². The van der Waals surface area contributed by atoms with Crippen molar-refractivity contribution in [2.75, 3.05) is 24.5 Å². The molecule has 110 valence electrons. The monoisotopic (exact) mass is 280 g/mol. The van der Waals surface area contributed by atoms with Gasteiger partial charge in [-0.05, 0) is 37.9 Å². The van der Waals surface area contributed by atoms with Gasteiger partial charge in [-0.3, -0.25) is 4.90 Å². The number of hydrogen-bond donors (Lipinski definition) is 0. The molecule has 0 radical (unpaired) electrons. The number of piperazine rings is 1. The van der Waals surface area contributed by atoms with Crippen molar-refractivity contribution in [3.63, 3.8) is 0 Å². The molecule has 2 aliphatic rings. The SMILES string of the molecule is CCC1CN2CCCCC2CN1c1ccc(F)cc1F. The Morgan fingerprint density at radius 3 is 2.80 bits per heavy atom. The van der Waals surface area contributed by atoms with Crippen LogP contribution in [0.1, 0.15) is 32.6 Å². The lowest BCUT2D eigenvalue weighted by atomic mass is 9.95. The molecule has 3 rings (SSSR count). The summed E-state index contributed by atoms with van der Waals surface area (Å²) in [5, 5.41) is 0. The molecule has 1 aromatic carbocycles. The Morgan fingerprint density at radius 1 is 1.20 bits per heavy atom. The third-order valence-corrected chi connectivity index (χ3v) is 4.73. The number of hydrogen-bond acceptors (Lipinski definition) is 2. The summed E-state index contributed by atoms with van der Waals surface area (Å²) in [6, 6.07) is 4.79. The summed E-state index contributed by atoms with van der Waals surface area (Å²) in [5.41, 5.74) is 0.559. The molecule has 2 saturated heterocycles. The van der Waals surface area contributed by atoms with E-state index in [-0.39, 0.29) is 0 Å². The first-order valence-electron chi connectivity index (χ1n) is 7.64. The molecule has 0 aromatic heterocycles. The predicted octanol–water partition coefficient (Wildman–Crippen LogP) is 3.42.